The van der Waals surface area contributed by atoms with Crippen molar-refractivity contribution in [2.45, 2.75) is 25.4 Å². The number of nitro groups is 1. The average molecular weight is 397 g/mol. The summed E-state index contributed by atoms with van der Waals surface area (Å²) >= 11 is 5.82. The molecule has 0 bridgehead atoms. The first-order valence-electron chi connectivity index (χ1n) is 7.95. The Morgan fingerprint density at radius 3 is 2.67 bits per heavy atom. The predicted molar refractivity (Wildman–Crippen MR) is 96.5 cm³/mol. The van der Waals surface area contributed by atoms with Crippen molar-refractivity contribution in [3.05, 3.63) is 62.5 Å². The minimum absolute atomic E-state index is 0.00269. The Morgan fingerprint density at radius 2 is 2.11 bits per heavy atom. The van der Waals surface area contributed by atoms with E-state index >= 15 is 0 Å². The van der Waals surface area contributed by atoms with Crippen molar-refractivity contribution in [2.24, 2.45) is 0 Å². The largest absolute Gasteiger partial charge is 0.469 e. The molecule has 0 aliphatic heterocycles. The van der Waals surface area contributed by atoms with Gasteiger partial charge in [0.1, 0.15) is 5.82 Å². The average Bonchev–Trinajstić information content (AvgIpc) is 2.61. The first-order valence-corrected chi connectivity index (χ1v) is 8.33. The molecule has 144 valence electrons. The number of hydrogen-bond acceptors (Lipinski definition) is 6. The fraction of sp³-hybridized carbons (Fsp3) is 0.333. The highest BCUT2D eigenvalue weighted by atomic mass is 35.5. The fourth-order valence-electron chi connectivity index (χ4n) is 2.53. The maximum Gasteiger partial charge on any atom is 0.312 e. The molecule has 27 heavy (non-hydrogen) atoms. The third-order valence-corrected chi connectivity index (χ3v) is 4.40. The summed E-state index contributed by atoms with van der Waals surface area (Å²) in [5.41, 5.74) is -0.732. The standard InChI is InChI=1S/C18H18ClFN2O5/c1-10(17(23)27-3)12-7-15(11-4-5-14(20)13(19)6-11)21-16(8-12)18(2,24)9-22(25)26/h4-8,10,24H,9H2,1-3H3. The van der Waals surface area contributed by atoms with E-state index in [4.69, 9.17) is 16.3 Å². The topological polar surface area (TPSA) is 103 Å². The molecule has 9 heteroatoms. The van der Waals surface area contributed by atoms with Crippen LogP contribution in [0.5, 0.6) is 0 Å². The number of carbonyl (C=O) groups is 1. The molecule has 0 fully saturated rings. The Balaban J connectivity index is 2.65. The van der Waals surface area contributed by atoms with Gasteiger partial charge in [-0.3, -0.25) is 14.9 Å². The van der Waals surface area contributed by atoms with Crippen LogP contribution in [0.25, 0.3) is 11.3 Å². The minimum atomic E-state index is -1.88. The van der Waals surface area contributed by atoms with E-state index in [2.05, 4.69) is 4.98 Å². The third kappa shape index (κ3) is 4.78. The molecule has 0 aliphatic carbocycles. The van der Waals surface area contributed by atoms with Crippen LogP contribution < -0.4 is 0 Å². The second-order valence-electron chi connectivity index (χ2n) is 6.31. The van der Waals surface area contributed by atoms with E-state index in [-0.39, 0.29) is 16.4 Å². The second kappa shape index (κ2) is 7.98. The molecule has 1 aromatic heterocycles. The molecular formula is C18H18ClFN2O5. The molecule has 0 radical (unpaired) electrons. The number of halogens is 2. The maximum atomic E-state index is 13.5. The zero-order chi connectivity index (χ0) is 20.4. The molecule has 0 saturated carbocycles. The Labute approximate surface area is 159 Å². The van der Waals surface area contributed by atoms with Gasteiger partial charge in [-0.2, -0.15) is 0 Å². The molecule has 0 saturated heterocycles. The molecule has 2 rings (SSSR count). The van der Waals surface area contributed by atoms with Crippen LogP contribution in [0, 0.1) is 15.9 Å². The molecule has 2 aromatic rings. The van der Waals surface area contributed by atoms with Crippen LogP contribution in [0.15, 0.2) is 30.3 Å². The number of aliphatic hydroxyl groups is 1. The zero-order valence-corrected chi connectivity index (χ0v) is 15.7. The Kier molecular flexibility index (Phi) is 6.12. The zero-order valence-electron chi connectivity index (χ0n) is 14.9. The predicted octanol–water partition coefficient (Wildman–Crippen LogP) is 3.30. The highest BCUT2D eigenvalue weighted by Crippen LogP contribution is 2.30. The number of nitrogens with zero attached hydrogens (tertiary/aromatic N) is 2. The van der Waals surface area contributed by atoms with E-state index in [9.17, 15) is 24.4 Å². The molecule has 1 aromatic carbocycles. The highest BCUT2D eigenvalue weighted by Gasteiger charge is 2.33. The Morgan fingerprint density at radius 1 is 1.44 bits per heavy atom. The van der Waals surface area contributed by atoms with E-state index in [1.807, 2.05) is 0 Å². The molecule has 2 unspecified atom stereocenters. The number of aromatic nitrogens is 1. The van der Waals surface area contributed by atoms with Gasteiger partial charge in [0, 0.05) is 10.5 Å². The summed E-state index contributed by atoms with van der Waals surface area (Å²) in [6, 6.07) is 6.92. The van der Waals surface area contributed by atoms with E-state index in [1.54, 1.807) is 13.0 Å². The van der Waals surface area contributed by atoms with Gasteiger partial charge in [-0.15, -0.1) is 0 Å². The van der Waals surface area contributed by atoms with Crippen LogP contribution in [-0.2, 0) is 15.1 Å². The van der Waals surface area contributed by atoms with Gasteiger partial charge in [-0.05, 0) is 49.7 Å². The highest BCUT2D eigenvalue weighted by molar-refractivity contribution is 6.31. The van der Waals surface area contributed by atoms with E-state index in [0.717, 1.165) is 6.07 Å². The maximum absolute atomic E-state index is 13.5. The number of hydrogen-bond donors (Lipinski definition) is 1. The van der Waals surface area contributed by atoms with E-state index < -0.39 is 34.8 Å². The summed E-state index contributed by atoms with van der Waals surface area (Å²) in [5, 5.41) is 21.3. The number of benzene rings is 1. The van der Waals surface area contributed by atoms with Crippen molar-refractivity contribution in [3.8, 4) is 11.3 Å². The number of pyridine rings is 1. The van der Waals surface area contributed by atoms with Crippen LogP contribution in [-0.4, -0.2) is 34.6 Å². The molecular weight excluding hydrogens is 379 g/mol. The summed E-state index contributed by atoms with van der Waals surface area (Å²) in [7, 11) is 1.24. The third-order valence-electron chi connectivity index (χ3n) is 4.11. The van der Waals surface area contributed by atoms with Crippen molar-refractivity contribution in [1.29, 1.82) is 0 Å². The number of carbonyl (C=O) groups excluding carboxylic acids is 1. The van der Waals surface area contributed by atoms with Gasteiger partial charge < -0.3 is 9.84 Å². The van der Waals surface area contributed by atoms with Gasteiger partial charge in [0.15, 0.2) is 5.60 Å². The molecule has 0 aliphatic rings. The van der Waals surface area contributed by atoms with Gasteiger partial charge in [-0.25, -0.2) is 9.37 Å². The molecule has 2 atom stereocenters. The van der Waals surface area contributed by atoms with Crippen molar-refractivity contribution in [1.82, 2.24) is 4.98 Å². The summed E-state index contributed by atoms with van der Waals surface area (Å²) in [4.78, 5) is 26.4. The number of esters is 1. The first kappa shape index (κ1) is 20.7. The lowest BCUT2D eigenvalue weighted by Gasteiger charge is -2.21. The van der Waals surface area contributed by atoms with Crippen LogP contribution in [0.4, 0.5) is 4.39 Å². The first-order chi connectivity index (χ1) is 12.5. The Bertz CT molecular complexity index is 888. The molecule has 7 nitrogen and oxygen atoms in total. The van der Waals surface area contributed by atoms with Crippen LogP contribution >= 0.6 is 11.6 Å². The van der Waals surface area contributed by atoms with E-state index in [1.165, 1.54) is 32.2 Å². The summed E-state index contributed by atoms with van der Waals surface area (Å²) in [6.45, 7) is 2.07. The monoisotopic (exact) mass is 396 g/mol. The quantitative estimate of drug-likeness (QED) is 0.456. The lowest BCUT2D eigenvalue weighted by atomic mass is 9.93. The van der Waals surface area contributed by atoms with E-state index in [0.29, 0.717) is 11.1 Å². The van der Waals surface area contributed by atoms with Gasteiger partial charge in [0.2, 0.25) is 6.54 Å². The van der Waals surface area contributed by atoms with Crippen LogP contribution in [0.2, 0.25) is 5.02 Å². The smallest absolute Gasteiger partial charge is 0.312 e. The van der Waals surface area contributed by atoms with Crippen molar-refractivity contribution in [2.75, 3.05) is 13.7 Å². The number of methoxy groups -OCH3 is 1. The minimum Gasteiger partial charge on any atom is -0.469 e. The summed E-state index contributed by atoms with van der Waals surface area (Å²) in [6.07, 6.45) is 0. The lowest BCUT2D eigenvalue weighted by molar-refractivity contribution is -0.501. The van der Waals surface area contributed by atoms with Gasteiger partial charge in [0.25, 0.3) is 0 Å². The van der Waals surface area contributed by atoms with Gasteiger partial charge >= 0.3 is 5.97 Å². The summed E-state index contributed by atoms with van der Waals surface area (Å²) in [5.74, 6) is -1.85. The lowest BCUT2D eigenvalue weighted by Crippen LogP contribution is -2.32. The van der Waals surface area contributed by atoms with Crippen molar-refractivity contribution < 1.29 is 24.0 Å². The van der Waals surface area contributed by atoms with Crippen molar-refractivity contribution in [3.63, 3.8) is 0 Å². The van der Waals surface area contributed by atoms with Gasteiger partial charge in [-0.1, -0.05) is 11.6 Å². The molecule has 0 spiro atoms. The fourth-order valence-corrected chi connectivity index (χ4v) is 2.71. The number of ether oxygens (including phenoxy) is 1. The SMILES string of the molecule is COC(=O)C(C)c1cc(-c2ccc(F)c(Cl)c2)nc(C(C)(O)C[N+](=O)[O-])c1. The number of rotatable bonds is 6. The van der Waals surface area contributed by atoms with Crippen LogP contribution in [0.1, 0.15) is 31.0 Å². The summed E-state index contributed by atoms with van der Waals surface area (Å²) < 4.78 is 18.2. The van der Waals surface area contributed by atoms with Crippen LogP contribution in [0.3, 0.4) is 0 Å². The Hall–Kier alpha value is -2.58. The van der Waals surface area contributed by atoms with Crippen molar-refractivity contribution >= 4 is 17.6 Å². The second-order valence-corrected chi connectivity index (χ2v) is 6.72. The molecule has 0 amide bonds. The normalized spacial score (nSPS) is 14.3. The molecule has 1 heterocycles. The van der Waals surface area contributed by atoms with Gasteiger partial charge in [0.05, 0.1) is 29.4 Å². The molecule has 1 N–H and O–H groups in total.